The molecule has 1 unspecified atom stereocenters. The van der Waals surface area contributed by atoms with Gasteiger partial charge in [-0.3, -0.25) is 0 Å². The number of aliphatic hydroxyl groups is 1. The van der Waals surface area contributed by atoms with Crippen molar-refractivity contribution < 1.29 is 9.84 Å². The third kappa shape index (κ3) is 3.15. The average Bonchev–Trinajstić information content (AvgIpc) is 2.68. The first-order valence-corrected chi connectivity index (χ1v) is 6.93. The van der Waals surface area contributed by atoms with E-state index < -0.39 is 0 Å². The van der Waals surface area contributed by atoms with E-state index in [1.54, 1.807) is 7.11 Å². The van der Waals surface area contributed by atoms with Gasteiger partial charge in [0.25, 0.3) is 0 Å². The van der Waals surface area contributed by atoms with Gasteiger partial charge in [-0.1, -0.05) is 6.42 Å². The number of aromatic nitrogens is 1. The van der Waals surface area contributed by atoms with Crippen molar-refractivity contribution in [2.45, 2.75) is 64.2 Å². The fourth-order valence-corrected chi connectivity index (χ4v) is 2.52. The molecular formula is C15H25NO2. The lowest BCUT2D eigenvalue weighted by atomic mass is 10.1. The van der Waals surface area contributed by atoms with Gasteiger partial charge >= 0.3 is 0 Å². The van der Waals surface area contributed by atoms with E-state index in [2.05, 4.69) is 30.8 Å². The Hall–Kier alpha value is -0.800. The molecule has 0 saturated carbocycles. The lowest BCUT2D eigenvalue weighted by Crippen LogP contribution is -2.24. The molecule has 1 aliphatic carbocycles. The minimum atomic E-state index is -0.265. The molecule has 0 fully saturated rings. The van der Waals surface area contributed by atoms with Crippen LogP contribution in [0.25, 0.3) is 0 Å². The van der Waals surface area contributed by atoms with E-state index in [9.17, 15) is 5.11 Å². The molecule has 1 N–H and O–H groups in total. The smallest absolute Gasteiger partial charge is 0.0807 e. The Morgan fingerprint density at radius 3 is 2.89 bits per heavy atom. The van der Waals surface area contributed by atoms with Crippen LogP contribution in [0.2, 0.25) is 0 Å². The second-order valence-corrected chi connectivity index (χ2v) is 5.95. The number of methoxy groups -OCH3 is 1. The first-order valence-electron chi connectivity index (χ1n) is 6.93. The van der Waals surface area contributed by atoms with Gasteiger partial charge in [-0.25, -0.2) is 0 Å². The summed E-state index contributed by atoms with van der Waals surface area (Å²) in [7, 11) is 1.76. The van der Waals surface area contributed by atoms with Gasteiger partial charge in [-0.2, -0.15) is 0 Å². The molecular weight excluding hydrogens is 226 g/mol. The van der Waals surface area contributed by atoms with Crippen molar-refractivity contribution in [1.82, 2.24) is 4.57 Å². The highest BCUT2D eigenvalue weighted by Gasteiger charge is 2.20. The van der Waals surface area contributed by atoms with E-state index in [-0.39, 0.29) is 11.7 Å². The van der Waals surface area contributed by atoms with E-state index in [1.165, 1.54) is 12.0 Å². The number of hydrogen-bond donors (Lipinski definition) is 1. The van der Waals surface area contributed by atoms with Crippen molar-refractivity contribution in [3.05, 3.63) is 23.5 Å². The molecule has 0 amide bonds. The Morgan fingerprint density at radius 1 is 1.39 bits per heavy atom. The summed E-state index contributed by atoms with van der Waals surface area (Å²) < 4.78 is 7.65. The number of rotatable bonds is 4. The number of hydrogen-bond acceptors (Lipinski definition) is 2. The zero-order valence-corrected chi connectivity index (χ0v) is 11.8. The molecule has 102 valence electrons. The van der Waals surface area contributed by atoms with Crippen LogP contribution in [0.5, 0.6) is 0 Å². The van der Waals surface area contributed by atoms with Gasteiger partial charge in [0.1, 0.15) is 0 Å². The monoisotopic (exact) mass is 251 g/mol. The molecule has 1 aromatic heterocycles. The predicted octanol–water partition coefficient (Wildman–Crippen LogP) is 3.06. The maximum absolute atomic E-state index is 10.1. The molecule has 0 spiro atoms. The van der Waals surface area contributed by atoms with Crippen molar-refractivity contribution in [2.75, 3.05) is 7.11 Å². The van der Waals surface area contributed by atoms with Crippen molar-refractivity contribution in [3.8, 4) is 0 Å². The first-order chi connectivity index (χ1) is 8.52. The Labute approximate surface area is 110 Å². The highest BCUT2D eigenvalue weighted by molar-refractivity contribution is 5.28. The number of aryl methyl sites for hydroxylation is 2. The van der Waals surface area contributed by atoms with E-state index >= 15 is 0 Å². The Bertz CT molecular complexity index is 395. The highest BCUT2D eigenvalue weighted by Crippen LogP contribution is 2.29. The molecule has 0 radical (unpaired) electrons. The predicted molar refractivity (Wildman–Crippen MR) is 72.7 cm³/mol. The third-order valence-corrected chi connectivity index (χ3v) is 4.05. The number of aliphatic hydroxyl groups excluding tert-OH is 1. The second kappa shape index (κ2) is 5.45. The molecule has 0 saturated heterocycles. The summed E-state index contributed by atoms with van der Waals surface area (Å²) in [6.07, 6.45) is 9.37. The van der Waals surface area contributed by atoms with Crippen molar-refractivity contribution in [3.63, 3.8) is 0 Å². The summed E-state index contributed by atoms with van der Waals surface area (Å²) in [5.74, 6) is 0. The third-order valence-electron chi connectivity index (χ3n) is 4.05. The van der Waals surface area contributed by atoms with Crippen molar-refractivity contribution in [2.24, 2.45) is 0 Å². The van der Waals surface area contributed by atoms with Crippen LogP contribution >= 0.6 is 0 Å². The molecule has 0 aromatic carbocycles. The maximum Gasteiger partial charge on any atom is 0.0807 e. The topological polar surface area (TPSA) is 34.4 Å². The SMILES string of the molecule is COC(C)(C)CCn1cc2c(c1)C(O)CCCC2. The zero-order valence-electron chi connectivity index (χ0n) is 11.8. The summed E-state index contributed by atoms with van der Waals surface area (Å²) in [6, 6.07) is 0. The van der Waals surface area contributed by atoms with E-state index in [0.29, 0.717) is 0 Å². The molecule has 3 nitrogen and oxygen atoms in total. The molecule has 2 rings (SSSR count). The highest BCUT2D eigenvalue weighted by atomic mass is 16.5. The van der Waals surface area contributed by atoms with Gasteiger partial charge in [0.15, 0.2) is 0 Å². The molecule has 1 aromatic rings. The van der Waals surface area contributed by atoms with E-state index in [0.717, 1.165) is 37.8 Å². The van der Waals surface area contributed by atoms with Gasteiger partial charge in [0, 0.05) is 31.6 Å². The summed E-state index contributed by atoms with van der Waals surface area (Å²) in [5, 5.41) is 10.1. The lowest BCUT2D eigenvalue weighted by molar-refractivity contribution is 0.0120. The van der Waals surface area contributed by atoms with Gasteiger partial charge in [-0.15, -0.1) is 0 Å². The van der Waals surface area contributed by atoms with Gasteiger partial charge in [-0.05, 0) is 45.1 Å². The summed E-state index contributed by atoms with van der Waals surface area (Å²) in [6.45, 7) is 5.16. The Balaban J connectivity index is 2.05. The lowest BCUT2D eigenvalue weighted by Gasteiger charge is -2.22. The van der Waals surface area contributed by atoms with Crippen LogP contribution in [-0.4, -0.2) is 22.4 Å². The van der Waals surface area contributed by atoms with Crippen LogP contribution in [0, 0.1) is 0 Å². The fourth-order valence-electron chi connectivity index (χ4n) is 2.52. The minimum absolute atomic E-state index is 0.0831. The van der Waals surface area contributed by atoms with Gasteiger partial charge < -0.3 is 14.4 Å². The van der Waals surface area contributed by atoms with Crippen LogP contribution < -0.4 is 0 Å². The zero-order chi connectivity index (χ0) is 13.2. The normalized spacial score (nSPS) is 20.6. The molecule has 1 atom stereocenters. The molecule has 1 aliphatic rings. The number of fused-ring (bicyclic) bond motifs is 1. The summed E-state index contributed by atoms with van der Waals surface area (Å²) in [5.41, 5.74) is 2.39. The van der Waals surface area contributed by atoms with Crippen LogP contribution in [0.3, 0.4) is 0 Å². The second-order valence-electron chi connectivity index (χ2n) is 5.95. The summed E-state index contributed by atoms with van der Waals surface area (Å²) in [4.78, 5) is 0. The number of nitrogens with zero attached hydrogens (tertiary/aromatic N) is 1. The quantitative estimate of drug-likeness (QED) is 0.835. The average molecular weight is 251 g/mol. The minimum Gasteiger partial charge on any atom is -0.388 e. The van der Waals surface area contributed by atoms with Gasteiger partial charge in [0.2, 0.25) is 0 Å². The van der Waals surface area contributed by atoms with Crippen LogP contribution in [0.4, 0.5) is 0 Å². The number of ether oxygens (including phenoxy) is 1. The van der Waals surface area contributed by atoms with E-state index in [1.807, 2.05) is 0 Å². The molecule has 0 bridgehead atoms. The molecule has 0 aliphatic heterocycles. The van der Waals surface area contributed by atoms with Crippen molar-refractivity contribution in [1.29, 1.82) is 0 Å². The van der Waals surface area contributed by atoms with Crippen molar-refractivity contribution >= 4 is 0 Å². The van der Waals surface area contributed by atoms with Gasteiger partial charge in [0.05, 0.1) is 11.7 Å². The Morgan fingerprint density at radius 2 is 2.17 bits per heavy atom. The molecule has 18 heavy (non-hydrogen) atoms. The maximum atomic E-state index is 10.1. The fraction of sp³-hybridized carbons (Fsp3) is 0.733. The van der Waals surface area contributed by atoms with Crippen LogP contribution in [0.15, 0.2) is 12.4 Å². The van der Waals surface area contributed by atoms with Crippen LogP contribution in [-0.2, 0) is 17.7 Å². The Kier molecular flexibility index (Phi) is 4.13. The summed E-state index contributed by atoms with van der Waals surface area (Å²) >= 11 is 0. The largest absolute Gasteiger partial charge is 0.388 e. The standard InChI is InChI=1S/C15H25NO2/c1-15(2,18-3)8-9-16-10-12-6-4-5-7-14(17)13(12)11-16/h10-11,14,17H,4-9H2,1-3H3. The van der Waals surface area contributed by atoms with Crippen LogP contribution in [0.1, 0.15) is 56.8 Å². The first kappa shape index (κ1) is 13.6. The molecule has 3 heteroatoms. The molecule has 1 heterocycles. The van der Waals surface area contributed by atoms with E-state index in [4.69, 9.17) is 4.74 Å².